The van der Waals surface area contributed by atoms with Gasteiger partial charge in [-0.25, -0.2) is 10.8 Å². The molecule has 1 unspecified atom stereocenters. The molecular formula is C13H21ClN4O. The van der Waals surface area contributed by atoms with Crippen LogP contribution >= 0.6 is 11.6 Å². The zero-order valence-corrected chi connectivity index (χ0v) is 12.4. The Morgan fingerprint density at radius 3 is 2.74 bits per heavy atom. The number of hydrogen-bond donors (Lipinski definition) is 2. The van der Waals surface area contributed by atoms with E-state index in [1.807, 2.05) is 6.92 Å². The number of anilines is 1. The molecule has 0 aliphatic carbocycles. The average molecular weight is 285 g/mol. The van der Waals surface area contributed by atoms with Crippen molar-refractivity contribution in [2.45, 2.75) is 27.2 Å². The van der Waals surface area contributed by atoms with E-state index in [9.17, 15) is 4.79 Å². The number of aromatic nitrogens is 1. The first kappa shape index (κ1) is 15.7. The molecule has 1 atom stereocenters. The lowest BCUT2D eigenvalue weighted by molar-refractivity contribution is 0.0735. The van der Waals surface area contributed by atoms with Gasteiger partial charge in [-0.3, -0.25) is 4.79 Å². The van der Waals surface area contributed by atoms with Gasteiger partial charge in [-0.2, -0.15) is 0 Å². The van der Waals surface area contributed by atoms with Gasteiger partial charge in [-0.15, -0.1) is 0 Å². The monoisotopic (exact) mass is 284 g/mol. The van der Waals surface area contributed by atoms with Crippen LogP contribution in [0.5, 0.6) is 0 Å². The zero-order chi connectivity index (χ0) is 14.4. The maximum Gasteiger partial charge on any atom is 0.274 e. The Balaban J connectivity index is 2.96. The van der Waals surface area contributed by atoms with Crippen molar-refractivity contribution >= 4 is 23.3 Å². The van der Waals surface area contributed by atoms with Crippen LogP contribution in [-0.4, -0.2) is 28.9 Å². The van der Waals surface area contributed by atoms with Crippen LogP contribution in [-0.2, 0) is 0 Å². The Bertz CT molecular complexity index is 439. The Morgan fingerprint density at radius 1 is 1.53 bits per heavy atom. The largest absolute Gasteiger partial charge is 0.337 e. The SMILES string of the molecule is CCC(C)CN(CC)C(=O)c1nc(NN)ccc1Cl. The van der Waals surface area contributed by atoms with E-state index in [0.717, 1.165) is 6.42 Å². The lowest BCUT2D eigenvalue weighted by atomic mass is 10.1. The Labute approximate surface area is 119 Å². The summed E-state index contributed by atoms with van der Waals surface area (Å²) in [6.07, 6.45) is 1.02. The van der Waals surface area contributed by atoms with Crippen LogP contribution in [0, 0.1) is 5.92 Å². The number of nitrogens with two attached hydrogens (primary N) is 1. The van der Waals surface area contributed by atoms with E-state index in [-0.39, 0.29) is 11.6 Å². The summed E-state index contributed by atoms with van der Waals surface area (Å²) in [6.45, 7) is 7.49. The number of hydrazine groups is 1. The molecule has 1 amide bonds. The van der Waals surface area contributed by atoms with Gasteiger partial charge in [0.1, 0.15) is 11.5 Å². The van der Waals surface area contributed by atoms with Gasteiger partial charge in [0.15, 0.2) is 0 Å². The number of hydrogen-bond acceptors (Lipinski definition) is 4. The molecule has 5 nitrogen and oxygen atoms in total. The first-order valence-electron chi connectivity index (χ1n) is 6.45. The molecule has 0 radical (unpaired) electrons. The van der Waals surface area contributed by atoms with Crippen molar-refractivity contribution in [3.8, 4) is 0 Å². The summed E-state index contributed by atoms with van der Waals surface area (Å²) in [6, 6.07) is 3.25. The van der Waals surface area contributed by atoms with Crippen LogP contribution < -0.4 is 11.3 Å². The maximum atomic E-state index is 12.4. The number of nitrogen functional groups attached to an aromatic ring is 1. The maximum absolute atomic E-state index is 12.4. The Hall–Kier alpha value is -1.33. The second-order valence-corrected chi connectivity index (χ2v) is 4.94. The number of carbonyl (C=O) groups is 1. The first-order valence-corrected chi connectivity index (χ1v) is 6.83. The van der Waals surface area contributed by atoms with Crippen LogP contribution in [0.15, 0.2) is 12.1 Å². The van der Waals surface area contributed by atoms with Crippen LogP contribution in [0.2, 0.25) is 5.02 Å². The highest BCUT2D eigenvalue weighted by atomic mass is 35.5. The van der Waals surface area contributed by atoms with Crippen LogP contribution in [0.3, 0.4) is 0 Å². The van der Waals surface area contributed by atoms with Crippen molar-refractivity contribution < 1.29 is 4.79 Å². The molecule has 0 bridgehead atoms. The second kappa shape index (κ2) is 7.31. The number of amides is 1. The third kappa shape index (κ3) is 4.08. The highest BCUT2D eigenvalue weighted by Crippen LogP contribution is 2.19. The van der Waals surface area contributed by atoms with Crippen molar-refractivity contribution in [3.05, 3.63) is 22.8 Å². The number of nitrogens with one attached hydrogen (secondary N) is 1. The molecule has 0 aliphatic heterocycles. The molecule has 0 aromatic carbocycles. The molecule has 1 aromatic rings. The lowest BCUT2D eigenvalue weighted by Crippen LogP contribution is -2.35. The molecule has 3 N–H and O–H groups in total. The smallest absolute Gasteiger partial charge is 0.274 e. The topological polar surface area (TPSA) is 71.2 Å². The highest BCUT2D eigenvalue weighted by molar-refractivity contribution is 6.33. The predicted molar refractivity (Wildman–Crippen MR) is 78.1 cm³/mol. The van der Waals surface area contributed by atoms with Crippen LogP contribution in [0.1, 0.15) is 37.7 Å². The minimum atomic E-state index is -0.162. The quantitative estimate of drug-likeness (QED) is 0.622. The van der Waals surface area contributed by atoms with Crippen LogP contribution in [0.4, 0.5) is 5.82 Å². The van der Waals surface area contributed by atoms with Gasteiger partial charge >= 0.3 is 0 Å². The van der Waals surface area contributed by atoms with E-state index in [4.69, 9.17) is 17.4 Å². The van der Waals surface area contributed by atoms with Gasteiger partial charge in [-0.05, 0) is 25.0 Å². The molecule has 0 aliphatic rings. The third-order valence-electron chi connectivity index (χ3n) is 3.09. The van der Waals surface area contributed by atoms with Gasteiger partial charge in [0.2, 0.25) is 0 Å². The molecule has 1 heterocycles. The normalized spacial score (nSPS) is 12.1. The van der Waals surface area contributed by atoms with E-state index in [2.05, 4.69) is 24.3 Å². The molecule has 0 saturated carbocycles. The molecule has 0 spiro atoms. The van der Waals surface area contributed by atoms with Gasteiger partial charge in [0.05, 0.1) is 5.02 Å². The minimum Gasteiger partial charge on any atom is -0.337 e. The number of carbonyl (C=O) groups excluding carboxylic acids is 1. The summed E-state index contributed by atoms with van der Waals surface area (Å²) >= 11 is 6.04. The molecule has 6 heteroatoms. The van der Waals surface area contributed by atoms with Crippen molar-refractivity contribution in [2.24, 2.45) is 11.8 Å². The van der Waals surface area contributed by atoms with E-state index in [1.165, 1.54) is 0 Å². The molecule has 106 valence electrons. The van der Waals surface area contributed by atoms with Gasteiger partial charge < -0.3 is 10.3 Å². The zero-order valence-electron chi connectivity index (χ0n) is 11.6. The fourth-order valence-corrected chi connectivity index (χ4v) is 1.87. The summed E-state index contributed by atoms with van der Waals surface area (Å²) in [4.78, 5) is 18.3. The number of halogens is 1. The average Bonchev–Trinajstić information content (AvgIpc) is 2.44. The second-order valence-electron chi connectivity index (χ2n) is 4.53. The summed E-state index contributed by atoms with van der Waals surface area (Å²) < 4.78 is 0. The lowest BCUT2D eigenvalue weighted by Gasteiger charge is -2.24. The Kier molecular flexibility index (Phi) is 6.05. The van der Waals surface area contributed by atoms with Gasteiger partial charge in [-0.1, -0.05) is 31.9 Å². The Morgan fingerprint density at radius 2 is 2.21 bits per heavy atom. The van der Waals surface area contributed by atoms with Crippen molar-refractivity contribution in [3.63, 3.8) is 0 Å². The fourth-order valence-electron chi connectivity index (χ4n) is 1.68. The van der Waals surface area contributed by atoms with E-state index < -0.39 is 0 Å². The third-order valence-corrected chi connectivity index (χ3v) is 3.40. The summed E-state index contributed by atoms with van der Waals surface area (Å²) in [5.41, 5.74) is 2.66. The molecule has 0 saturated heterocycles. The van der Waals surface area contributed by atoms with Gasteiger partial charge in [0, 0.05) is 13.1 Å². The number of rotatable bonds is 6. The summed E-state index contributed by atoms with van der Waals surface area (Å²) in [5.74, 6) is 6.00. The first-order chi connectivity index (χ1) is 9.03. The van der Waals surface area contributed by atoms with Crippen LogP contribution in [0.25, 0.3) is 0 Å². The molecule has 19 heavy (non-hydrogen) atoms. The molecule has 1 rings (SSSR count). The molecule has 0 fully saturated rings. The highest BCUT2D eigenvalue weighted by Gasteiger charge is 2.20. The number of nitrogens with zero attached hydrogens (tertiary/aromatic N) is 2. The fraction of sp³-hybridized carbons (Fsp3) is 0.538. The van der Waals surface area contributed by atoms with Gasteiger partial charge in [0.25, 0.3) is 5.91 Å². The summed E-state index contributed by atoms with van der Waals surface area (Å²) in [5, 5.41) is 0.339. The van der Waals surface area contributed by atoms with E-state index in [0.29, 0.717) is 29.8 Å². The minimum absolute atomic E-state index is 0.162. The van der Waals surface area contributed by atoms with E-state index >= 15 is 0 Å². The predicted octanol–water partition coefficient (Wildman–Crippen LogP) is 2.53. The van der Waals surface area contributed by atoms with Crippen molar-refractivity contribution in [1.82, 2.24) is 9.88 Å². The number of pyridine rings is 1. The van der Waals surface area contributed by atoms with E-state index in [1.54, 1.807) is 17.0 Å². The standard InChI is InChI=1S/C13H21ClN4O/c1-4-9(3)8-18(5-2)13(19)12-10(14)6-7-11(16-12)17-15/h6-7,9H,4-5,8,15H2,1-3H3,(H,16,17). The van der Waals surface area contributed by atoms with Crippen molar-refractivity contribution in [1.29, 1.82) is 0 Å². The molecule has 1 aromatic heterocycles. The molecular weight excluding hydrogens is 264 g/mol. The summed E-state index contributed by atoms with van der Waals surface area (Å²) in [7, 11) is 0. The van der Waals surface area contributed by atoms with Crippen molar-refractivity contribution in [2.75, 3.05) is 18.5 Å².